The van der Waals surface area contributed by atoms with E-state index in [-0.39, 0.29) is 18.6 Å². The Morgan fingerprint density at radius 3 is 2.95 bits per heavy atom. The molecule has 2 N–H and O–H groups in total. The monoisotopic (exact) mass is 281 g/mol. The van der Waals surface area contributed by atoms with E-state index in [0.29, 0.717) is 24.3 Å². The van der Waals surface area contributed by atoms with E-state index in [9.17, 15) is 9.59 Å². The maximum atomic E-state index is 11.6. The quantitative estimate of drug-likeness (QED) is 0.856. The average molecular weight is 281 g/mol. The van der Waals surface area contributed by atoms with Gasteiger partial charge in [0.15, 0.2) is 0 Å². The second kappa shape index (κ2) is 5.99. The fourth-order valence-electron chi connectivity index (χ4n) is 2.07. The third kappa shape index (κ3) is 3.21. The van der Waals surface area contributed by atoms with Crippen LogP contribution < -0.4 is 0 Å². The zero-order valence-electron chi connectivity index (χ0n) is 10.3. The molecule has 2 rings (SSSR count). The average Bonchev–Trinajstić information content (AvgIpc) is 2.98. The fourth-order valence-corrected chi connectivity index (χ4v) is 2.85. The molecule has 1 atom stereocenters. The topological polar surface area (TPSA) is 77.8 Å². The molecule has 1 unspecified atom stereocenters. The number of carbonyl (C=O) groups is 2. The van der Waals surface area contributed by atoms with Gasteiger partial charge in [-0.3, -0.25) is 4.79 Å². The molecule has 0 aromatic carbocycles. The summed E-state index contributed by atoms with van der Waals surface area (Å²) in [6.07, 6.45) is 4.81. The highest BCUT2D eigenvalue weighted by molar-refractivity contribution is 7.14. The van der Waals surface area contributed by atoms with Crippen molar-refractivity contribution in [1.29, 1.82) is 0 Å². The number of aliphatic hydroxyl groups is 1. The summed E-state index contributed by atoms with van der Waals surface area (Å²) in [7, 11) is 0. The molecule has 1 aromatic rings. The van der Waals surface area contributed by atoms with Crippen LogP contribution in [0, 0.1) is 0 Å². The molecule has 2 heterocycles. The van der Waals surface area contributed by atoms with Crippen molar-refractivity contribution >= 4 is 29.3 Å². The molecule has 0 aliphatic carbocycles. The third-order valence-corrected chi connectivity index (χ3v) is 4.12. The number of hydrogen-bond acceptors (Lipinski definition) is 4. The predicted molar refractivity (Wildman–Crippen MR) is 72.1 cm³/mol. The summed E-state index contributed by atoms with van der Waals surface area (Å²) in [5.41, 5.74) is 0. The number of carboxylic acid groups (broad SMARTS) is 1. The number of likely N-dealkylation sites (tertiary alicyclic amines) is 1. The van der Waals surface area contributed by atoms with Gasteiger partial charge in [-0.15, -0.1) is 11.3 Å². The minimum absolute atomic E-state index is 0.0122. The second-order valence-corrected chi connectivity index (χ2v) is 5.45. The molecule has 0 saturated carbocycles. The first-order valence-electron chi connectivity index (χ1n) is 6.02. The van der Waals surface area contributed by atoms with Gasteiger partial charge in [-0.25, -0.2) is 4.79 Å². The van der Waals surface area contributed by atoms with Crippen LogP contribution in [0.15, 0.2) is 18.2 Å². The smallest absolute Gasteiger partial charge is 0.345 e. The van der Waals surface area contributed by atoms with Gasteiger partial charge in [0, 0.05) is 17.8 Å². The maximum absolute atomic E-state index is 11.6. The van der Waals surface area contributed by atoms with E-state index in [1.54, 1.807) is 23.1 Å². The summed E-state index contributed by atoms with van der Waals surface area (Å²) >= 11 is 1.19. The number of carbonyl (C=O) groups excluding carboxylic acids is 1. The van der Waals surface area contributed by atoms with Crippen molar-refractivity contribution in [2.24, 2.45) is 0 Å². The molecule has 1 aliphatic rings. The van der Waals surface area contributed by atoms with E-state index >= 15 is 0 Å². The Labute approximate surface area is 114 Å². The molecule has 102 valence electrons. The molecule has 19 heavy (non-hydrogen) atoms. The molecule has 0 spiro atoms. The molecule has 0 bridgehead atoms. The number of amides is 1. The van der Waals surface area contributed by atoms with Gasteiger partial charge in [-0.1, -0.05) is 6.08 Å². The highest BCUT2D eigenvalue weighted by Gasteiger charge is 2.28. The Morgan fingerprint density at radius 1 is 1.53 bits per heavy atom. The lowest BCUT2D eigenvalue weighted by Gasteiger charge is -2.21. The number of carboxylic acids is 1. The van der Waals surface area contributed by atoms with Crippen LogP contribution in [-0.4, -0.2) is 46.2 Å². The van der Waals surface area contributed by atoms with Crippen LogP contribution in [0.2, 0.25) is 0 Å². The summed E-state index contributed by atoms with van der Waals surface area (Å²) in [5, 5.41) is 18.0. The van der Waals surface area contributed by atoms with E-state index in [1.807, 2.05) is 6.08 Å². The summed E-state index contributed by atoms with van der Waals surface area (Å²) in [5.74, 6) is -0.874. The highest BCUT2D eigenvalue weighted by Crippen LogP contribution is 2.20. The first-order valence-corrected chi connectivity index (χ1v) is 6.83. The lowest BCUT2D eigenvalue weighted by Crippen LogP contribution is -2.35. The Balaban J connectivity index is 1.95. The van der Waals surface area contributed by atoms with Crippen LogP contribution >= 0.6 is 11.3 Å². The molecule has 1 aromatic heterocycles. The molecule has 1 aliphatic heterocycles. The van der Waals surface area contributed by atoms with Gasteiger partial charge in [0.1, 0.15) is 4.88 Å². The van der Waals surface area contributed by atoms with Crippen molar-refractivity contribution in [1.82, 2.24) is 4.90 Å². The van der Waals surface area contributed by atoms with Crippen molar-refractivity contribution in [2.75, 3.05) is 13.2 Å². The van der Waals surface area contributed by atoms with E-state index < -0.39 is 5.97 Å². The van der Waals surface area contributed by atoms with Crippen LogP contribution in [0.5, 0.6) is 0 Å². The van der Waals surface area contributed by atoms with Crippen molar-refractivity contribution in [2.45, 2.75) is 18.9 Å². The molecule has 1 fully saturated rings. The van der Waals surface area contributed by atoms with Gasteiger partial charge >= 0.3 is 5.97 Å². The Kier molecular flexibility index (Phi) is 4.34. The van der Waals surface area contributed by atoms with Crippen LogP contribution in [0.1, 0.15) is 27.4 Å². The Hall–Kier alpha value is -1.66. The third-order valence-electron chi connectivity index (χ3n) is 3.09. The van der Waals surface area contributed by atoms with Crippen LogP contribution in [0.25, 0.3) is 6.08 Å². The Morgan fingerprint density at radius 2 is 2.32 bits per heavy atom. The van der Waals surface area contributed by atoms with Crippen molar-refractivity contribution in [3.8, 4) is 0 Å². The molecule has 5 nitrogen and oxygen atoms in total. The molecule has 1 amide bonds. The second-order valence-electron chi connectivity index (χ2n) is 4.33. The maximum Gasteiger partial charge on any atom is 0.345 e. The lowest BCUT2D eigenvalue weighted by molar-refractivity contribution is -0.128. The van der Waals surface area contributed by atoms with E-state index in [2.05, 4.69) is 0 Å². The number of rotatable bonds is 5. The van der Waals surface area contributed by atoms with Crippen LogP contribution in [-0.2, 0) is 4.79 Å². The SMILES string of the molecule is O=C(O)c1ccc(C=CCN2C(=O)CCC2CO)s1. The van der Waals surface area contributed by atoms with Gasteiger partial charge in [-0.2, -0.15) is 0 Å². The van der Waals surface area contributed by atoms with Crippen molar-refractivity contribution in [3.05, 3.63) is 28.0 Å². The summed E-state index contributed by atoms with van der Waals surface area (Å²) in [6.45, 7) is 0.437. The normalized spacial score (nSPS) is 19.5. The molecular weight excluding hydrogens is 266 g/mol. The van der Waals surface area contributed by atoms with Crippen molar-refractivity contribution < 1.29 is 19.8 Å². The number of hydrogen-bond donors (Lipinski definition) is 2. The predicted octanol–water partition coefficient (Wildman–Crippen LogP) is 1.44. The van der Waals surface area contributed by atoms with Crippen LogP contribution in [0.3, 0.4) is 0 Å². The van der Waals surface area contributed by atoms with E-state index in [0.717, 1.165) is 4.88 Å². The molecule has 6 heteroatoms. The van der Waals surface area contributed by atoms with Gasteiger partial charge in [0.25, 0.3) is 0 Å². The minimum Gasteiger partial charge on any atom is -0.477 e. The molecular formula is C13H15NO4S. The zero-order valence-corrected chi connectivity index (χ0v) is 11.1. The summed E-state index contributed by atoms with van der Waals surface area (Å²) in [6, 6.07) is 3.21. The van der Waals surface area contributed by atoms with Gasteiger partial charge < -0.3 is 15.1 Å². The highest BCUT2D eigenvalue weighted by atomic mass is 32.1. The number of thiophene rings is 1. The summed E-state index contributed by atoms with van der Waals surface area (Å²) < 4.78 is 0. The molecule has 1 saturated heterocycles. The standard InChI is InChI=1S/C13H15NO4S/c15-8-9-3-6-12(16)14(9)7-1-2-10-4-5-11(19-10)13(17)18/h1-2,4-5,9,15H,3,6-8H2,(H,17,18). The number of nitrogens with zero attached hydrogens (tertiary/aromatic N) is 1. The first-order chi connectivity index (χ1) is 9.11. The number of aliphatic hydroxyl groups excluding tert-OH is 1. The first kappa shape index (κ1) is 13.8. The fraction of sp³-hybridized carbons (Fsp3) is 0.385. The molecule has 0 radical (unpaired) electrons. The van der Waals surface area contributed by atoms with Gasteiger partial charge in [0.05, 0.1) is 12.6 Å². The number of aromatic carboxylic acids is 1. The van der Waals surface area contributed by atoms with Gasteiger partial charge in [0.2, 0.25) is 5.91 Å². The van der Waals surface area contributed by atoms with Crippen molar-refractivity contribution in [3.63, 3.8) is 0 Å². The lowest BCUT2D eigenvalue weighted by atomic mass is 10.2. The summed E-state index contributed by atoms with van der Waals surface area (Å²) in [4.78, 5) is 25.1. The zero-order chi connectivity index (χ0) is 13.8. The minimum atomic E-state index is -0.931. The largest absolute Gasteiger partial charge is 0.477 e. The van der Waals surface area contributed by atoms with E-state index in [4.69, 9.17) is 10.2 Å². The Bertz CT molecular complexity index is 508. The van der Waals surface area contributed by atoms with Crippen LogP contribution in [0.4, 0.5) is 0 Å². The van der Waals surface area contributed by atoms with Gasteiger partial charge in [-0.05, 0) is 24.6 Å². The van der Waals surface area contributed by atoms with E-state index in [1.165, 1.54) is 11.3 Å².